The molecular weight excluding hydrogens is 184 g/mol. The molecule has 1 aromatic rings. The van der Waals surface area contributed by atoms with Gasteiger partial charge in [-0.05, 0) is 29.5 Å². The third-order valence-electron chi connectivity index (χ3n) is 3.13. The Balaban J connectivity index is 2.03. The maximum Gasteiger partial charge on any atom is 0.122 e. The standard InChI is InChI=1S/C14H20O/c1-3-4-11(2)9-12-5-6-13-7-8-15-14(13)10-12/h5-6,10-11H,3-4,7-9H2,1-2H3. The van der Waals surface area contributed by atoms with Crippen molar-refractivity contribution in [2.45, 2.75) is 39.5 Å². The molecule has 0 bridgehead atoms. The van der Waals surface area contributed by atoms with E-state index in [4.69, 9.17) is 4.74 Å². The average molecular weight is 204 g/mol. The van der Waals surface area contributed by atoms with Gasteiger partial charge in [-0.15, -0.1) is 0 Å². The lowest BCUT2D eigenvalue weighted by molar-refractivity contribution is 0.356. The van der Waals surface area contributed by atoms with Gasteiger partial charge in [-0.3, -0.25) is 0 Å². The monoisotopic (exact) mass is 204 g/mol. The molecule has 0 aliphatic carbocycles. The molecule has 0 amide bonds. The van der Waals surface area contributed by atoms with Gasteiger partial charge in [-0.1, -0.05) is 38.8 Å². The van der Waals surface area contributed by atoms with E-state index in [0.717, 1.165) is 24.7 Å². The average Bonchev–Trinajstić information content (AvgIpc) is 2.65. The zero-order valence-corrected chi connectivity index (χ0v) is 9.75. The molecule has 0 N–H and O–H groups in total. The van der Waals surface area contributed by atoms with Crippen molar-refractivity contribution < 1.29 is 4.74 Å². The van der Waals surface area contributed by atoms with Crippen LogP contribution in [0.4, 0.5) is 0 Å². The molecule has 1 heterocycles. The van der Waals surface area contributed by atoms with E-state index in [-0.39, 0.29) is 0 Å². The zero-order valence-electron chi connectivity index (χ0n) is 9.75. The predicted molar refractivity (Wildman–Crippen MR) is 63.4 cm³/mol. The van der Waals surface area contributed by atoms with E-state index in [1.54, 1.807) is 0 Å². The molecule has 0 saturated carbocycles. The number of fused-ring (bicyclic) bond motifs is 1. The van der Waals surface area contributed by atoms with Crippen LogP contribution in [-0.4, -0.2) is 6.61 Å². The maximum absolute atomic E-state index is 5.58. The summed E-state index contributed by atoms with van der Waals surface area (Å²) in [5.74, 6) is 1.91. The summed E-state index contributed by atoms with van der Waals surface area (Å²) in [5, 5.41) is 0. The van der Waals surface area contributed by atoms with Crippen LogP contribution in [0.2, 0.25) is 0 Å². The van der Waals surface area contributed by atoms with Crippen LogP contribution in [-0.2, 0) is 12.8 Å². The van der Waals surface area contributed by atoms with Crippen molar-refractivity contribution in [2.24, 2.45) is 5.92 Å². The highest BCUT2D eigenvalue weighted by atomic mass is 16.5. The molecular formula is C14H20O. The van der Waals surface area contributed by atoms with Gasteiger partial charge in [0.2, 0.25) is 0 Å². The minimum absolute atomic E-state index is 0.787. The largest absolute Gasteiger partial charge is 0.493 e. The highest BCUT2D eigenvalue weighted by molar-refractivity contribution is 5.40. The molecule has 0 fully saturated rings. The molecule has 1 nitrogen and oxygen atoms in total. The van der Waals surface area contributed by atoms with E-state index in [2.05, 4.69) is 32.0 Å². The van der Waals surface area contributed by atoms with Gasteiger partial charge in [-0.25, -0.2) is 0 Å². The summed E-state index contributed by atoms with van der Waals surface area (Å²) in [6.07, 6.45) is 4.87. The second-order valence-electron chi connectivity index (χ2n) is 4.64. The van der Waals surface area contributed by atoms with E-state index < -0.39 is 0 Å². The fourth-order valence-corrected chi connectivity index (χ4v) is 2.33. The summed E-state index contributed by atoms with van der Waals surface area (Å²) in [7, 11) is 0. The van der Waals surface area contributed by atoms with E-state index in [9.17, 15) is 0 Å². The highest BCUT2D eigenvalue weighted by Gasteiger charge is 2.12. The lowest BCUT2D eigenvalue weighted by Gasteiger charge is -2.10. The summed E-state index contributed by atoms with van der Waals surface area (Å²) >= 11 is 0. The minimum atomic E-state index is 0.787. The molecule has 1 aliphatic rings. The Kier molecular flexibility index (Phi) is 3.30. The van der Waals surface area contributed by atoms with Gasteiger partial charge in [0.05, 0.1) is 6.61 Å². The van der Waals surface area contributed by atoms with Crippen LogP contribution in [0.1, 0.15) is 37.8 Å². The van der Waals surface area contributed by atoms with Crippen LogP contribution in [0.15, 0.2) is 18.2 Å². The summed E-state index contributed by atoms with van der Waals surface area (Å²) in [6, 6.07) is 6.73. The van der Waals surface area contributed by atoms with Gasteiger partial charge in [0.1, 0.15) is 5.75 Å². The Morgan fingerprint density at radius 2 is 2.27 bits per heavy atom. The molecule has 0 radical (unpaired) electrons. The van der Waals surface area contributed by atoms with E-state index in [1.165, 1.54) is 30.4 Å². The van der Waals surface area contributed by atoms with Crippen LogP contribution < -0.4 is 4.74 Å². The molecule has 1 heteroatoms. The third-order valence-corrected chi connectivity index (χ3v) is 3.13. The van der Waals surface area contributed by atoms with E-state index in [1.807, 2.05) is 0 Å². The number of rotatable bonds is 4. The summed E-state index contributed by atoms with van der Waals surface area (Å²) in [6.45, 7) is 5.45. The molecule has 82 valence electrons. The van der Waals surface area contributed by atoms with E-state index in [0.29, 0.717) is 0 Å². The molecule has 1 aromatic carbocycles. The Labute approximate surface area is 92.5 Å². The summed E-state index contributed by atoms with van der Waals surface area (Å²) in [5.41, 5.74) is 2.80. The quantitative estimate of drug-likeness (QED) is 0.728. The van der Waals surface area contributed by atoms with Gasteiger partial charge in [0.25, 0.3) is 0 Å². The first-order chi connectivity index (χ1) is 7.29. The van der Waals surface area contributed by atoms with Crippen molar-refractivity contribution in [3.63, 3.8) is 0 Å². The number of hydrogen-bond acceptors (Lipinski definition) is 1. The van der Waals surface area contributed by atoms with Crippen molar-refractivity contribution in [3.05, 3.63) is 29.3 Å². The van der Waals surface area contributed by atoms with Crippen LogP contribution in [0.5, 0.6) is 5.75 Å². The fourth-order valence-electron chi connectivity index (χ4n) is 2.33. The van der Waals surface area contributed by atoms with Gasteiger partial charge >= 0.3 is 0 Å². The van der Waals surface area contributed by atoms with Crippen molar-refractivity contribution in [3.8, 4) is 5.75 Å². The molecule has 1 unspecified atom stereocenters. The molecule has 0 spiro atoms. The molecule has 1 aliphatic heterocycles. The van der Waals surface area contributed by atoms with Crippen LogP contribution in [0.25, 0.3) is 0 Å². The number of ether oxygens (including phenoxy) is 1. The fraction of sp³-hybridized carbons (Fsp3) is 0.571. The van der Waals surface area contributed by atoms with Gasteiger partial charge in [0, 0.05) is 6.42 Å². The van der Waals surface area contributed by atoms with E-state index >= 15 is 0 Å². The summed E-state index contributed by atoms with van der Waals surface area (Å²) in [4.78, 5) is 0. The lowest BCUT2D eigenvalue weighted by atomic mass is 9.96. The highest BCUT2D eigenvalue weighted by Crippen LogP contribution is 2.27. The van der Waals surface area contributed by atoms with Gasteiger partial charge < -0.3 is 4.74 Å². The zero-order chi connectivity index (χ0) is 10.7. The molecule has 2 rings (SSSR count). The molecule has 1 atom stereocenters. The van der Waals surface area contributed by atoms with Crippen LogP contribution in [0.3, 0.4) is 0 Å². The van der Waals surface area contributed by atoms with Crippen LogP contribution in [0, 0.1) is 5.92 Å². The Bertz CT molecular complexity index is 330. The second-order valence-corrected chi connectivity index (χ2v) is 4.64. The van der Waals surface area contributed by atoms with Gasteiger partial charge in [-0.2, -0.15) is 0 Å². The SMILES string of the molecule is CCCC(C)Cc1ccc2c(c1)OCC2. The molecule has 0 saturated heterocycles. The Morgan fingerprint density at radius 3 is 3.07 bits per heavy atom. The maximum atomic E-state index is 5.58. The van der Waals surface area contributed by atoms with Gasteiger partial charge in [0.15, 0.2) is 0 Å². The predicted octanol–water partition coefficient (Wildman–Crippen LogP) is 3.60. The van der Waals surface area contributed by atoms with Crippen LogP contribution >= 0.6 is 0 Å². The van der Waals surface area contributed by atoms with Crippen molar-refractivity contribution in [1.29, 1.82) is 0 Å². The molecule has 0 aromatic heterocycles. The topological polar surface area (TPSA) is 9.23 Å². The number of benzene rings is 1. The third kappa shape index (κ3) is 2.53. The summed E-state index contributed by atoms with van der Waals surface area (Å²) < 4.78 is 5.58. The normalized spacial score (nSPS) is 15.9. The van der Waals surface area contributed by atoms with Crippen molar-refractivity contribution in [2.75, 3.05) is 6.61 Å². The first-order valence-corrected chi connectivity index (χ1v) is 6.04. The minimum Gasteiger partial charge on any atom is -0.493 e. The Morgan fingerprint density at radius 1 is 1.40 bits per heavy atom. The second kappa shape index (κ2) is 4.69. The lowest BCUT2D eigenvalue weighted by Crippen LogP contribution is -1.99. The first kappa shape index (κ1) is 10.5. The molecule has 15 heavy (non-hydrogen) atoms. The van der Waals surface area contributed by atoms with Crippen molar-refractivity contribution >= 4 is 0 Å². The first-order valence-electron chi connectivity index (χ1n) is 6.04. The Hall–Kier alpha value is -0.980. The smallest absolute Gasteiger partial charge is 0.122 e. The van der Waals surface area contributed by atoms with Crippen molar-refractivity contribution in [1.82, 2.24) is 0 Å². The number of hydrogen-bond donors (Lipinski definition) is 0.